The summed E-state index contributed by atoms with van der Waals surface area (Å²) in [6.07, 6.45) is 0. The van der Waals surface area contributed by atoms with E-state index in [9.17, 15) is 17.2 Å². The molecule has 9 heteroatoms. The molecule has 1 aromatic carbocycles. The molecule has 0 unspecified atom stereocenters. The van der Waals surface area contributed by atoms with Gasteiger partial charge in [-0.3, -0.25) is 0 Å². The van der Waals surface area contributed by atoms with Crippen molar-refractivity contribution in [3.63, 3.8) is 0 Å². The van der Waals surface area contributed by atoms with Gasteiger partial charge in [0.05, 0.1) is 9.92 Å². The van der Waals surface area contributed by atoms with E-state index in [4.69, 9.17) is 11.6 Å². The maximum absolute atomic E-state index is 12.1. The lowest BCUT2D eigenvalue weighted by Gasteiger charge is -2.10. The Hall–Kier alpha value is -0.960. The molecular weight excluding hydrogens is 314 g/mol. The zero-order chi connectivity index (χ0) is 15.2. The van der Waals surface area contributed by atoms with Crippen LogP contribution in [0.1, 0.15) is 6.92 Å². The molecule has 0 heterocycles. The molecule has 0 aliphatic rings. The van der Waals surface area contributed by atoms with Crippen molar-refractivity contribution >= 4 is 21.6 Å². The van der Waals surface area contributed by atoms with Gasteiger partial charge < -0.3 is 10.1 Å². The molecule has 114 valence electrons. The quantitative estimate of drug-likeness (QED) is 0.714. The molecule has 0 fully saturated rings. The third kappa shape index (κ3) is 5.20. The molecule has 1 aromatic rings. The highest BCUT2D eigenvalue weighted by Crippen LogP contribution is 2.28. The van der Waals surface area contributed by atoms with Gasteiger partial charge in [-0.25, -0.2) is 13.1 Å². The number of rotatable bonds is 8. The Morgan fingerprint density at radius 1 is 1.35 bits per heavy atom. The maximum atomic E-state index is 12.1. The van der Waals surface area contributed by atoms with Gasteiger partial charge >= 0.3 is 6.61 Å². The van der Waals surface area contributed by atoms with Crippen LogP contribution in [0.4, 0.5) is 8.78 Å². The van der Waals surface area contributed by atoms with Gasteiger partial charge in [-0.05, 0) is 24.7 Å². The molecule has 0 aliphatic carbocycles. The van der Waals surface area contributed by atoms with Gasteiger partial charge in [0.2, 0.25) is 10.0 Å². The second-order valence-electron chi connectivity index (χ2n) is 3.72. The minimum absolute atomic E-state index is 0.111. The molecular formula is C11H15ClF2N2O3S. The Kier molecular flexibility index (Phi) is 6.60. The molecule has 0 bridgehead atoms. The Bertz CT molecular complexity index is 540. The lowest BCUT2D eigenvalue weighted by atomic mass is 10.3. The largest absolute Gasteiger partial charge is 0.433 e. The van der Waals surface area contributed by atoms with Crippen molar-refractivity contribution < 1.29 is 21.9 Å². The van der Waals surface area contributed by atoms with E-state index < -0.39 is 16.6 Å². The fourth-order valence-electron chi connectivity index (χ4n) is 1.37. The summed E-state index contributed by atoms with van der Waals surface area (Å²) in [5.41, 5.74) is 0. The smallest absolute Gasteiger partial charge is 0.387 e. The van der Waals surface area contributed by atoms with Crippen LogP contribution in [0.5, 0.6) is 5.75 Å². The number of ether oxygens (including phenoxy) is 1. The highest BCUT2D eigenvalue weighted by atomic mass is 35.5. The molecule has 0 amide bonds. The predicted octanol–water partition coefficient (Wildman–Crippen LogP) is 1.83. The lowest BCUT2D eigenvalue weighted by molar-refractivity contribution is -0.0498. The normalized spacial score (nSPS) is 11.8. The highest BCUT2D eigenvalue weighted by Gasteiger charge is 2.16. The zero-order valence-electron chi connectivity index (χ0n) is 10.7. The van der Waals surface area contributed by atoms with E-state index in [0.29, 0.717) is 6.54 Å². The summed E-state index contributed by atoms with van der Waals surface area (Å²) in [7, 11) is -3.73. The van der Waals surface area contributed by atoms with Gasteiger partial charge in [0.25, 0.3) is 0 Å². The first-order valence-electron chi connectivity index (χ1n) is 5.81. The topological polar surface area (TPSA) is 67.4 Å². The number of sulfonamides is 1. The van der Waals surface area contributed by atoms with Crippen LogP contribution in [0.15, 0.2) is 23.1 Å². The molecule has 20 heavy (non-hydrogen) atoms. The SMILES string of the molecule is CCNCCNS(=O)(=O)c1ccc(OC(F)F)c(Cl)c1. The van der Waals surface area contributed by atoms with Crippen LogP contribution in [0.25, 0.3) is 0 Å². The number of benzene rings is 1. The summed E-state index contributed by atoms with van der Waals surface area (Å²) in [4.78, 5) is -0.111. The molecule has 0 saturated carbocycles. The van der Waals surface area contributed by atoms with E-state index in [-0.39, 0.29) is 22.2 Å². The maximum Gasteiger partial charge on any atom is 0.387 e. The van der Waals surface area contributed by atoms with Crippen LogP contribution < -0.4 is 14.8 Å². The second-order valence-corrected chi connectivity index (χ2v) is 5.90. The number of likely N-dealkylation sites (N-methyl/N-ethyl adjacent to an activating group) is 1. The van der Waals surface area contributed by atoms with E-state index in [1.165, 1.54) is 0 Å². The summed E-state index contributed by atoms with van der Waals surface area (Å²) in [6, 6.07) is 3.31. The average molecular weight is 329 g/mol. The molecule has 1 rings (SSSR count). The first kappa shape index (κ1) is 17.1. The average Bonchev–Trinajstić information content (AvgIpc) is 2.36. The van der Waals surface area contributed by atoms with Crippen LogP contribution >= 0.6 is 11.6 Å². The van der Waals surface area contributed by atoms with E-state index in [0.717, 1.165) is 24.7 Å². The summed E-state index contributed by atoms with van der Waals surface area (Å²) in [6.45, 7) is 0.302. The van der Waals surface area contributed by atoms with E-state index in [1.54, 1.807) is 0 Å². The Morgan fingerprint density at radius 3 is 2.60 bits per heavy atom. The van der Waals surface area contributed by atoms with Crippen molar-refractivity contribution in [2.75, 3.05) is 19.6 Å². The highest BCUT2D eigenvalue weighted by molar-refractivity contribution is 7.89. The van der Waals surface area contributed by atoms with Gasteiger partial charge in [0, 0.05) is 13.1 Å². The monoisotopic (exact) mass is 328 g/mol. The van der Waals surface area contributed by atoms with Gasteiger partial charge in [-0.2, -0.15) is 8.78 Å². The summed E-state index contributed by atoms with van der Waals surface area (Å²) < 4.78 is 54.4. The number of halogens is 3. The fourth-order valence-corrected chi connectivity index (χ4v) is 2.72. The Balaban J connectivity index is 2.78. The van der Waals surface area contributed by atoms with Crippen molar-refractivity contribution in [1.29, 1.82) is 0 Å². The van der Waals surface area contributed by atoms with Crippen molar-refractivity contribution in [3.8, 4) is 5.75 Å². The van der Waals surface area contributed by atoms with Crippen LogP contribution in [0.3, 0.4) is 0 Å². The fraction of sp³-hybridized carbons (Fsp3) is 0.455. The molecule has 0 radical (unpaired) electrons. The first-order chi connectivity index (χ1) is 9.36. The number of hydrogen-bond acceptors (Lipinski definition) is 4. The van der Waals surface area contributed by atoms with Crippen molar-refractivity contribution in [3.05, 3.63) is 23.2 Å². The number of alkyl halides is 2. The van der Waals surface area contributed by atoms with Crippen molar-refractivity contribution in [2.45, 2.75) is 18.4 Å². The van der Waals surface area contributed by atoms with Gasteiger partial charge in [-0.15, -0.1) is 0 Å². The van der Waals surface area contributed by atoms with Gasteiger partial charge in [0.1, 0.15) is 5.75 Å². The molecule has 5 nitrogen and oxygen atoms in total. The number of nitrogens with one attached hydrogen (secondary N) is 2. The minimum Gasteiger partial charge on any atom is -0.433 e. The van der Waals surface area contributed by atoms with E-state index in [1.807, 2.05) is 6.92 Å². The molecule has 0 saturated heterocycles. The van der Waals surface area contributed by atoms with Crippen LogP contribution in [0.2, 0.25) is 5.02 Å². The van der Waals surface area contributed by atoms with Gasteiger partial charge in [0.15, 0.2) is 0 Å². The van der Waals surface area contributed by atoms with Crippen LogP contribution in [-0.4, -0.2) is 34.7 Å². The minimum atomic E-state index is -3.73. The third-order valence-electron chi connectivity index (χ3n) is 2.27. The first-order valence-corrected chi connectivity index (χ1v) is 7.67. The van der Waals surface area contributed by atoms with E-state index in [2.05, 4.69) is 14.8 Å². The third-order valence-corrected chi connectivity index (χ3v) is 4.03. The van der Waals surface area contributed by atoms with Crippen LogP contribution in [0, 0.1) is 0 Å². The second kappa shape index (κ2) is 7.72. The molecule has 0 aliphatic heterocycles. The van der Waals surface area contributed by atoms with Crippen molar-refractivity contribution in [2.24, 2.45) is 0 Å². The molecule has 0 atom stereocenters. The summed E-state index contributed by atoms with van der Waals surface area (Å²) in [5.74, 6) is -0.270. The lowest BCUT2D eigenvalue weighted by Crippen LogP contribution is -2.31. The molecule has 0 aromatic heterocycles. The summed E-state index contributed by atoms with van der Waals surface area (Å²) >= 11 is 5.70. The van der Waals surface area contributed by atoms with E-state index >= 15 is 0 Å². The predicted molar refractivity (Wildman–Crippen MR) is 71.8 cm³/mol. The standard InChI is InChI=1S/C11H15ClF2N2O3S/c1-2-15-5-6-16-20(17,18)8-3-4-10(9(12)7-8)19-11(13)14/h3-4,7,11,15-16H,2,5-6H2,1H3. The van der Waals surface area contributed by atoms with Crippen molar-refractivity contribution in [1.82, 2.24) is 10.0 Å². The van der Waals surface area contributed by atoms with Crippen LogP contribution in [-0.2, 0) is 10.0 Å². The Morgan fingerprint density at radius 2 is 2.05 bits per heavy atom. The molecule has 0 spiro atoms. The Labute approximate surface area is 121 Å². The van der Waals surface area contributed by atoms with Gasteiger partial charge in [-0.1, -0.05) is 18.5 Å². The summed E-state index contributed by atoms with van der Waals surface area (Å²) in [5, 5.41) is 2.76. The number of hydrogen-bond donors (Lipinski definition) is 2. The molecule has 2 N–H and O–H groups in total. The zero-order valence-corrected chi connectivity index (χ0v) is 12.3.